The van der Waals surface area contributed by atoms with Crippen LogP contribution in [0.5, 0.6) is 17.2 Å². The molecule has 5 nitrogen and oxygen atoms in total. The summed E-state index contributed by atoms with van der Waals surface area (Å²) in [7, 11) is 1.74. The fourth-order valence-electron chi connectivity index (χ4n) is 6.70. The Bertz CT molecular complexity index is 1800. The van der Waals surface area contributed by atoms with Gasteiger partial charge in [0.2, 0.25) is 0 Å². The summed E-state index contributed by atoms with van der Waals surface area (Å²) in [4.78, 5) is 6.07. The van der Waals surface area contributed by atoms with Gasteiger partial charge in [-0.3, -0.25) is 4.90 Å². The van der Waals surface area contributed by atoms with Crippen LogP contribution in [-0.4, -0.2) is 41.4 Å². The van der Waals surface area contributed by atoms with Crippen LogP contribution in [0.25, 0.3) is 22.3 Å². The van der Waals surface area contributed by atoms with E-state index in [2.05, 4.69) is 114 Å². The summed E-state index contributed by atoms with van der Waals surface area (Å²) in [5.74, 6) is 0.695. The SMILES string of the molecule is CCCc1cc(OC)cc(-c2cccc(CN3CCC(N(Cc4cccc(-c5ccc(O)c(O)c5)c4)c4ccc(S)cc4)CC3)c2)c1. The molecule has 0 unspecified atom stereocenters. The number of hydrogen-bond donors (Lipinski definition) is 3. The molecule has 1 saturated heterocycles. The molecule has 1 aliphatic heterocycles. The molecule has 1 aliphatic rings. The van der Waals surface area contributed by atoms with Gasteiger partial charge in [-0.25, -0.2) is 0 Å². The van der Waals surface area contributed by atoms with E-state index in [1.165, 1.54) is 39.6 Å². The molecule has 6 rings (SSSR count). The van der Waals surface area contributed by atoms with E-state index in [1.54, 1.807) is 13.2 Å². The van der Waals surface area contributed by atoms with Crippen molar-refractivity contribution in [2.45, 2.75) is 56.6 Å². The lowest BCUT2D eigenvalue weighted by Gasteiger charge is -2.40. The molecule has 0 atom stereocenters. The topological polar surface area (TPSA) is 56.2 Å². The smallest absolute Gasteiger partial charge is 0.158 e. The van der Waals surface area contributed by atoms with Gasteiger partial charge in [0.15, 0.2) is 11.5 Å². The molecule has 2 N–H and O–H groups in total. The lowest BCUT2D eigenvalue weighted by atomic mass is 9.97. The molecule has 0 amide bonds. The summed E-state index contributed by atoms with van der Waals surface area (Å²) in [5.41, 5.74) is 9.37. The molecule has 0 spiro atoms. The molecule has 0 aromatic heterocycles. The van der Waals surface area contributed by atoms with Gasteiger partial charge in [-0.15, -0.1) is 12.6 Å². The summed E-state index contributed by atoms with van der Waals surface area (Å²) in [6.45, 7) is 5.98. The van der Waals surface area contributed by atoms with Crippen molar-refractivity contribution < 1.29 is 14.9 Å². The van der Waals surface area contributed by atoms with Gasteiger partial charge in [0, 0.05) is 42.8 Å². The second kappa shape index (κ2) is 15.0. The normalized spacial score (nSPS) is 13.9. The highest BCUT2D eigenvalue weighted by Gasteiger charge is 2.25. The average molecular weight is 645 g/mol. The minimum absolute atomic E-state index is 0.110. The molecule has 0 saturated carbocycles. The number of phenolic OH excluding ortho intramolecular Hbond substituents is 2. The number of phenols is 2. The third kappa shape index (κ3) is 8.13. The largest absolute Gasteiger partial charge is 0.504 e. The van der Waals surface area contributed by atoms with Gasteiger partial charge < -0.3 is 19.8 Å². The van der Waals surface area contributed by atoms with Crippen LogP contribution in [0.4, 0.5) is 5.69 Å². The third-order valence-electron chi connectivity index (χ3n) is 9.18. The van der Waals surface area contributed by atoms with Crippen LogP contribution in [0.15, 0.2) is 114 Å². The standard InChI is InChI=1S/C41H44N2O3S/c1-3-6-29-21-35(25-38(24-29)46-2)33-10-4-7-30(22-33)27-42-19-17-37(18-20-42)43(36-12-14-39(47)15-13-36)28-31-8-5-9-32(23-31)34-11-16-40(44)41(45)26-34/h4-5,7-16,21-26,37,44-45,47H,3,6,17-20,27-28H2,1-2H3. The Hall–Kier alpha value is -4.39. The van der Waals surface area contributed by atoms with E-state index >= 15 is 0 Å². The Balaban J connectivity index is 1.16. The molecule has 0 aliphatic carbocycles. The van der Waals surface area contributed by atoms with Crippen LogP contribution in [0, 0.1) is 0 Å². The first-order valence-corrected chi connectivity index (χ1v) is 17.0. The van der Waals surface area contributed by atoms with E-state index in [9.17, 15) is 10.2 Å². The first kappa shape index (κ1) is 32.5. The summed E-state index contributed by atoms with van der Waals surface area (Å²) >= 11 is 4.54. The van der Waals surface area contributed by atoms with Crippen molar-refractivity contribution in [3.8, 4) is 39.5 Å². The van der Waals surface area contributed by atoms with Crippen LogP contribution < -0.4 is 9.64 Å². The van der Waals surface area contributed by atoms with Gasteiger partial charge in [0.25, 0.3) is 0 Å². The van der Waals surface area contributed by atoms with Crippen LogP contribution in [0.1, 0.15) is 42.9 Å². The number of piperidine rings is 1. The number of anilines is 1. The van der Waals surface area contributed by atoms with Crippen LogP contribution in [0.3, 0.4) is 0 Å². The molecule has 6 heteroatoms. The summed E-state index contributed by atoms with van der Waals surface area (Å²) in [5, 5.41) is 19.9. The highest BCUT2D eigenvalue weighted by Crippen LogP contribution is 2.33. The third-order valence-corrected chi connectivity index (χ3v) is 9.47. The molecule has 0 radical (unpaired) electrons. The zero-order chi connectivity index (χ0) is 32.8. The number of nitrogens with zero attached hydrogens (tertiary/aromatic N) is 2. The summed E-state index contributed by atoms with van der Waals surface area (Å²) < 4.78 is 5.62. The van der Waals surface area contributed by atoms with Gasteiger partial charge in [-0.05, 0) is 119 Å². The van der Waals surface area contributed by atoms with Gasteiger partial charge >= 0.3 is 0 Å². The predicted molar refractivity (Wildman–Crippen MR) is 196 cm³/mol. The minimum atomic E-state index is -0.111. The van der Waals surface area contributed by atoms with Gasteiger partial charge in [-0.1, -0.05) is 61.9 Å². The first-order chi connectivity index (χ1) is 22.9. The average Bonchev–Trinajstić information content (AvgIpc) is 3.09. The van der Waals surface area contributed by atoms with Gasteiger partial charge in [0.05, 0.1) is 7.11 Å². The predicted octanol–water partition coefficient (Wildman–Crippen LogP) is 9.35. The van der Waals surface area contributed by atoms with Gasteiger partial charge in [-0.2, -0.15) is 0 Å². The number of methoxy groups -OCH3 is 1. The number of thiol groups is 1. The monoisotopic (exact) mass is 644 g/mol. The number of hydrogen-bond acceptors (Lipinski definition) is 6. The zero-order valence-electron chi connectivity index (χ0n) is 27.3. The van der Waals surface area contributed by atoms with E-state index in [4.69, 9.17) is 4.74 Å². The van der Waals surface area contributed by atoms with E-state index in [0.29, 0.717) is 6.04 Å². The number of rotatable bonds is 11. The Labute approximate surface area is 284 Å². The number of benzene rings is 5. The second-order valence-electron chi connectivity index (χ2n) is 12.6. The van der Waals surface area contributed by atoms with Crippen molar-refractivity contribution in [1.29, 1.82) is 0 Å². The molecular formula is C41H44N2O3S. The minimum Gasteiger partial charge on any atom is -0.504 e. The molecule has 5 aromatic carbocycles. The second-order valence-corrected chi connectivity index (χ2v) is 13.1. The van der Waals surface area contributed by atoms with Crippen LogP contribution in [0.2, 0.25) is 0 Å². The van der Waals surface area contributed by atoms with E-state index in [0.717, 1.165) is 73.6 Å². The molecule has 1 fully saturated rings. The van der Waals surface area contributed by atoms with E-state index < -0.39 is 0 Å². The molecule has 0 bridgehead atoms. The summed E-state index contributed by atoms with van der Waals surface area (Å²) in [6.07, 6.45) is 4.30. The Morgan fingerprint density at radius 3 is 2.09 bits per heavy atom. The van der Waals surface area contributed by atoms with Crippen molar-refractivity contribution >= 4 is 18.3 Å². The molecule has 47 heavy (non-hydrogen) atoms. The van der Waals surface area contributed by atoms with E-state index in [1.807, 2.05) is 12.1 Å². The van der Waals surface area contributed by atoms with E-state index in [-0.39, 0.29) is 11.5 Å². The van der Waals surface area contributed by atoms with Gasteiger partial charge in [0.1, 0.15) is 5.75 Å². The van der Waals surface area contributed by atoms with Crippen LogP contribution in [-0.2, 0) is 19.5 Å². The Morgan fingerprint density at radius 1 is 0.723 bits per heavy atom. The number of aryl methyl sites for hydroxylation is 1. The first-order valence-electron chi connectivity index (χ1n) is 16.5. The fourth-order valence-corrected chi connectivity index (χ4v) is 6.85. The molecule has 1 heterocycles. The maximum Gasteiger partial charge on any atom is 0.158 e. The lowest BCUT2D eigenvalue weighted by Crippen LogP contribution is -2.44. The molecule has 5 aromatic rings. The summed E-state index contributed by atoms with van der Waals surface area (Å²) in [6, 6.07) is 37.9. The highest BCUT2D eigenvalue weighted by atomic mass is 32.1. The molecular weight excluding hydrogens is 601 g/mol. The number of ether oxygens (including phenoxy) is 1. The maximum atomic E-state index is 10.1. The fraction of sp³-hybridized carbons (Fsp3) is 0.268. The Morgan fingerprint density at radius 2 is 1.38 bits per heavy atom. The zero-order valence-corrected chi connectivity index (χ0v) is 28.2. The van der Waals surface area contributed by atoms with Crippen molar-refractivity contribution in [3.05, 3.63) is 126 Å². The van der Waals surface area contributed by atoms with Crippen molar-refractivity contribution in [2.75, 3.05) is 25.1 Å². The lowest BCUT2D eigenvalue weighted by molar-refractivity contribution is 0.201. The van der Waals surface area contributed by atoms with Crippen LogP contribution >= 0.6 is 12.6 Å². The highest BCUT2D eigenvalue weighted by molar-refractivity contribution is 7.80. The quantitative estimate of drug-likeness (QED) is 0.0988. The maximum absolute atomic E-state index is 10.1. The van der Waals surface area contributed by atoms with Crippen molar-refractivity contribution in [3.63, 3.8) is 0 Å². The van der Waals surface area contributed by atoms with Crippen molar-refractivity contribution in [2.24, 2.45) is 0 Å². The van der Waals surface area contributed by atoms with Crippen molar-refractivity contribution in [1.82, 2.24) is 4.90 Å². The Kier molecular flexibility index (Phi) is 10.4. The molecule has 242 valence electrons. The number of aromatic hydroxyl groups is 2. The number of likely N-dealkylation sites (tertiary alicyclic amines) is 1.